The van der Waals surface area contributed by atoms with Gasteiger partial charge in [-0.15, -0.1) is 0 Å². The average molecular weight is 348 g/mol. The number of sulfonamides is 1. The second-order valence-corrected chi connectivity index (χ2v) is 7.37. The lowest BCUT2D eigenvalue weighted by molar-refractivity contribution is 0.0290. The van der Waals surface area contributed by atoms with Gasteiger partial charge in [-0.2, -0.15) is 4.31 Å². The van der Waals surface area contributed by atoms with Crippen molar-refractivity contribution in [1.82, 2.24) is 4.31 Å². The standard InChI is InChI=1S/C13H18BrNO3S/c1-2-18-12-6-8-15(9-7-12)19(16,17)13-5-3-4-11(14)10-13/h3-5,10,12H,2,6-9H2,1H3. The molecule has 0 spiro atoms. The van der Waals surface area contributed by atoms with Crippen molar-refractivity contribution in [3.63, 3.8) is 0 Å². The largest absolute Gasteiger partial charge is 0.378 e. The maximum absolute atomic E-state index is 12.5. The van der Waals surface area contributed by atoms with Crippen LogP contribution >= 0.6 is 15.9 Å². The van der Waals surface area contributed by atoms with Gasteiger partial charge in [-0.1, -0.05) is 22.0 Å². The van der Waals surface area contributed by atoms with Gasteiger partial charge in [-0.3, -0.25) is 0 Å². The summed E-state index contributed by atoms with van der Waals surface area (Å²) in [4.78, 5) is 0.344. The Bertz CT molecular complexity index is 524. The monoisotopic (exact) mass is 347 g/mol. The molecule has 106 valence electrons. The number of piperidine rings is 1. The topological polar surface area (TPSA) is 46.6 Å². The SMILES string of the molecule is CCOC1CCN(S(=O)(=O)c2cccc(Br)c2)CC1. The molecule has 1 aromatic carbocycles. The van der Waals surface area contributed by atoms with Crippen LogP contribution in [0.3, 0.4) is 0 Å². The molecule has 0 unspecified atom stereocenters. The first kappa shape index (κ1) is 15.0. The minimum atomic E-state index is -3.38. The predicted molar refractivity (Wildman–Crippen MR) is 77.5 cm³/mol. The summed E-state index contributed by atoms with van der Waals surface area (Å²) in [5.41, 5.74) is 0. The van der Waals surface area contributed by atoms with Gasteiger partial charge >= 0.3 is 0 Å². The summed E-state index contributed by atoms with van der Waals surface area (Å²) >= 11 is 3.31. The highest BCUT2D eigenvalue weighted by molar-refractivity contribution is 9.10. The molecule has 4 nitrogen and oxygen atoms in total. The number of rotatable bonds is 4. The summed E-state index contributed by atoms with van der Waals surface area (Å²) in [6.07, 6.45) is 1.72. The average Bonchev–Trinajstić information content (AvgIpc) is 2.40. The van der Waals surface area contributed by atoms with E-state index in [-0.39, 0.29) is 6.10 Å². The molecule has 1 aromatic rings. The molecule has 6 heteroatoms. The van der Waals surface area contributed by atoms with E-state index in [4.69, 9.17) is 4.74 Å². The number of nitrogens with zero attached hydrogens (tertiary/aromatic N) is 1. The van der Waals surface area contributed by atoms with Crippen LogP contribution in [0, 0.1) is 0 Å². The zero-order valence-electron chi connectivity index (χ0n) is 10.9. The van der Waals surface area contributed by atoms with Gasteiger partial charge in [0.05, 0.1) is 11.0 Å². The highest BCUT2D eigenvalue weighted by Crippen LogP contribution is 2.23. The summed E-state index contributed by atoms with van der Waals surface area (Å²) in [5, 5.41) is 0. The minimum absolute atomic E-state index is 0.193. The predicted octanol–water partition coefficient (Wildman–Crippen LogP) is 2.64. The number of benzene rings is 1. The van der Waals surface area contributed by atoms with Crippen LogP contribution in [0.1, 0.15) is 19.8 Å². The van der Waals surface area contributed by atoms with Crippen molar-refractivity contribution in [2.75, 3.05) is 19.7 Å². The molecule has 0 saturated carbocycles. The molecule has 0 bridgehead atoms. The Morgan fingerprint density at radius 3 is 2.63 bits per heavy atom. The first-order chi connectivity index (χ1) is 9.04. The van der Waals surface area contributed by atoms with Gasteiger partial charge in [-0.05, 0) is 38.0 Å². The van der Waals surface area contributed by atoms with Crippen LogP contribution < -0.4 is 0 Å². The Hall–Kier alpha value is -0.430. The van der Waals surface area contributed by atoms with E-state index in [1.807, 2.05) is 13.0 Å². The fourth-order valence-electron chi connectivity index (χ4n) is 2.25. The molecule has 1 heterocycles. The van der Waals surface area contributed by atoms with Crippen LogP contribution in [-0.4, -0.2) is 38.5 Å². The molecule has 1 fully saturated rings. The molecule has 1 aliphatic heterocycles. The van der Waals surface area contributed by atoms with E-state index in [0.717, 1.165) is 17.3 Å². The maximum atomic E-state index is 12.5. The van der Waals surface area contributed by atoms with Crippen LogP contribution in [-0.2, 0) is 14.8 Å². The van der Waals surface area contributed by atoms with Crippen molar-refractivity contribution in [2.45, 2.75) is 30.8 Å². The van der Waals surface area contributed by atoms with Gasteiger partial charge in [0.1, 0.15) is 0 Å². The molecule has 0 amide bonds. The summed E-state index contributed by atoms with van der Waals surface area (Å²) < 4.78 is 32.8. The third-order valence-corrected chi connectivity index (χ3v) is 5.63. The van der Waals surface area contributed by atoms with E-state index >= 15 is 0 Å². The summed E-state index contributed by atoms with van der Waals surface area (Å²) in [6.45, 7) is 3.70. The van der Waals surface area contributed by atoms with Gasteiger partial charge in [0.15, 0.2) is 0 Å². The van der Waals surface area contributed by atoms with Crippen molar-refractivity contribution < 1.29 is 13.2 Å². The quantitative estimate of drug-likeness (QED) is 0.840. The molecule has 1 aliphatic rings. The molecule has 19 heavy (non-hydrogen) atoms. The van der Waals surface area contributed by atoms with Gasteiger partial charge < -0.3 is 4.74 Å². The fourth-order valence-corrected chi connectivity index (χ4v) is 4.32. The zero-order valence-corrected chi connectivity index (χ0v) is 13.3. The van der Waals surface area contributed by atoms with Crippen molar-refractivity contribution in [1.29, 1.82) is 0 Å². The fraction of sp³-hybridized carbons (Fsp3) is 0.538. The Labute approximate surface area is 122 Å². The summed E-state index contributed by atoms with van der Waals surface area (Å²) in [7, 11) is -3.38. The van der Waals surface area contributed by atoms with Crippen molar-refractivity contribution in [3.05, 3.63) is 28.7 Å². The smallest absolute Gasteiger partial charge is 0.243 e. The Balaban J connectivity index is 2.10. The lowest BCUT2D eigenvalue weighted by Gasteiger charge is -2.31. The van der Waals surface area contributed by atoms with Crippen LogP contribution in [0.5, 0.6) is 0 Å². The molecule has 2 rings (SSSR count). The zero-order chi connectivity index (χ0) is 13.9. The second-order valence-electron chi connectivity index (χ2n) is 4.52. The lowest BCUT2D eigenvalue weighted by atomic mass is 10.1. The first-order valence-corrected chi connectivity index (χ1v) is 8.64. The third-order valence-electron chi connectivity index (χ3n) is 3.24. The van der Waals surface area contributed by atoms with Gasteiger partial charge in [0.25, 0.3) is 0 Å². The minimum Gasteiger partial charge on any atom is -0.378 e. The number of hydrogen-bond donors (Lipinski definition) is 0. The second kappa shape index (κ2) is 6.35. The summed E-state index contributed by atoms with van der Waals surface area (Å²) in [6, 6.07) is 6.84. The van der Waals surface area contributed by atoms with Crippen LogP contribution in [0.2, 0.25) is 0 Å². The molecule has 0 aliphatic carbocycles. The molecule has 0 N–H and O–H groups in total. The van der Waals surface area contributed by atoms with E-state index in [1.54, 1.807) is 22.5 Å². The highest BCUT2D eigenvalue weighted by Gasteiger charge is 2.29. The Kier molecular flexibility index (Phi) is 5.00. The van der Waals surface area contributed by atoms with Crippen molar-refractivity contribution >= 4 is 26.0 Å². The lowest BCUT2D eigenvalue weighted by Crippen LogP contribution is -2.40. The van der Waals surface area contributed by atoms with Crippen LogP contribution in [0.15, 0.2) is 33.6 Å². The first-order valence-electron chi connectivity index (χ1n) is 6.41. The number of ether oxygens (including phenoxy) is 1. The van der Waals surface area contributed by atoms with E-state index in [2.05, 4.69) is 15.9 Å². The highest BCUT2D eigenvalue weighted by atomic mass is 79.9. The van der Waals surface area contributed by atoms with E-state index in [9.17, 15) is 8.42 Å². The van der Waals surface area contributed by atoms with Gasteiger partial charge in [0.2, 0.25) is 10.0 Å². The maximum Gasteiger partial charge on any atom is 0.243 e. The molecule has 0 atom stereocenters. The molecular formula is C13H18BrNO3S. The summed E-state index contributed by atoms with van der Waals surface area (Å²) in [5.74, 6) is 0. The third kappa shape index (κ3) is 3.56. The normalized spacial score (nSPS) is 18.6. The Morgan fingerprint density at radius 1 is 1.37 bits per heavy atom. The van der Waals surface area contributed by atoms with Crippen molar-refractivity contribution in [2.24, 2.45) is 0 Å². The van der Waals surface area contributed by atoms with Gasteiger partial charge in [0, 0.05) is 24.2 Å². The molecule has 0 aromatic heterocycles. The van der Waals surface area contributed by atoms with Gasteiger partial charge in [-0.25, -0.2) is 8.42 Å². The Morgan fingerprint density at radius 2 is 2.05 bits per heavy atom. The molecule has 0 radical (unpaired) electrons. The van der Waals surface area contributed by atoms with E-state index in [0.29, 0.717) is 24.6 Å². The number of hydrogen-bond acceptors (Lipinski definition) is 3. The van der Waals surface area contributed by atoms with E-state index in [1.165, 1.54) is 0 Å². The molecular weight excluding hydrogens is 330 g/mol. The van der Waals surface area contributed by atoms with Crippen molar-refractivity contribution in [3.8, 4) is 0 Å². The molecule has 1 saturated heterocycles. The van der Waals surface area contributed by atoms with Crippen LogP contribution in [0.4, 0.5) is 0 Å². The van der Waals surface area contributed by atoms with Crippen LogP contribution in [0.25, 0.3) is 0 Å². The number of halogens is 1. The van der Waals surface area contributed by atoms with E-state index < -0.39 is 10.0 Å².